The molecule has 218 valence electrons. The highest BCUT2D eigenvalue weighted by atomic mass is 31.2. The van der Waals surface area contributed by atoms with Crippen molar-refractivity contribution in [2.75, 3.05) is 12.3 Å². The van der Waals surface area contributed by atoms with Crippen LogP contribution in [0.25, 0.3) is 0 Å². The van der Waals surface area contributed by atoms with Crippen LogP contribution in [0.4, 0.5) is 14.6 Å². The summed E-state index contributed by atoms with van der Waals surface area (Å²) in [6.07, 6.45) is -2.73. The van der Waals surface area contributed by atoms with E-state index in [9.17, 15) is 19.3 Å². The van der Waals surface area contributed by atoms with Crippen molar-refractivity contribution in [3.8, 4) is 5.75 Å². The molecule has 3 unspecified atom stereocenters. The van der Waals surface area contributed by atoms with Gasteiger partial charge in [0.2, 0.25) is 5.67 Å². The SMILES string of the molecule is C[C@H](N[P@](=O)(OC[C@H]1OC2(F)[C@@H](n3ccc(N)nc3=O)C2(F)C1O)Oc1ccccc1)C(=O)OCc1ccccc1. The Morgan fingerprint density at radius 2 is 1.85 bits per heavy atom. The molecule has 41 heavy (non-hydrogen) atoms. The highest BCUT2D eigenvalue weighted by molar-refractivity contribution is 7.52. The normalized spacial score (nSPS) is 28.7. The lowest BCUT2D eigenvalue weighted by Crippen LogP contribution is -2.41. The molecule has 5 rings (SSSR count). The van der Waals surface area contributed by atoms with Gasteiger partial charge in [0.15, 0.2) is 0 Å². The molecular weight excluding hydrogens is 565 g/mol. The van der Waals surface area contributed by atoms with Gasteiger partial charge in [-0.25, -0.2) is 18.1 Å². The van der Waals surface area contributed by atoms with Gasteiger partial charge in [0, 0.05) is 6.20 Å². The van der Waals surface area contributed by atoms with Crippen molar-refractivity contribution < 1.29 is 41.8 Å². The van der Waals surface area contributed by atoms with Crippen LogP contribution < -0.4 is 21.0 Å². The van der Waals surface area contributed by atoms with Gasteiger partial charge in [-0.2, -0.15) is 10.1 Å². The maximum absolute atomic E-state index is 15.6. The molecule has 1 aliphatic heterocycles. The number of aliphatic hydroxyl groups excluding tert-OH is 1. The number of carbonyl (C=O) groups excluding carboxylic acids is 1. The van der Waals surface area contributed by atoms with Gasteiger partial charge >= 0.3 is 19.4 Å². The average molecular weight is 592 g/mol. The summed E-state index contributed by atoms with van der Waals surface area (Å²) >= 11 is 0. The molecule has 2 aliphatic rings. The maximum Gasteiger partial charge on any atom is 0.459 e. The summed E-state index contributed by atoms with van der Waals surface area (Å²) in [4.78, 5) is 28.1. The summed E-state index contributed by atoms with van der Waals surface area (Å²) in [6.45, 7) is 0.524. The monoisotopic (exact) mass is 592 g/mol. The first kappa shape index (κ1) is 28.8. The number of aliphatic hydroxyl groups is 1. The van der Waals surface area contributed by atoms with Gasteiger partial charge in [0.1, 0.15) is 42.5 Å². The van der Waals surface area contributed by atoms with Crippen molar-refractivity contribution >= 4 is 19.5 Å². The number of anilines is 1. The predicted octanol–water partition coefficient (Wildman–Crippen LogP) is 2.44. The van der Waals surface area contributed by atoms with Crippen molar-refractivity contribution in [2.45, 2.75) is 49.3 Å². The highest BCUT2D eigenvalue weighted by Gasteiger charge is 2.92. The molecule has 2 aromatic carbocycles. The van der Waals surface area contributed by atoms with Crippen LogP contribution in [0.2, 0.25) is 0 Å². The zero-order chi connectivity index (χ0) is 29.4. The molecule has 4 N–H and O–H groups in total. The third-order valence-corrected chi connectivity index (χ3v) is 8.37. The van der Waals surface area contributed by atoms with Crippen molar-refractivity contribution in [1.82, 2.24) is 14.6 Å². The van der Waals surface area contributed by atoms with Gasteiger partial charge in [0.05, 0.1) is 6.61 Å². The molecule has 1 saturated carbocycles. The number of hydrogen-bond acceptors (Lipinski definition) is 10. The topological polar surface area (TPSA) is 164 Å². The number of ether oxygens (including phenoxy) is 2. The fraction of sp³-hybridized carbons (Fsp3) is 0.346. The van der Waals surface area contributed by atoms with Crippen molar-refractivity contribution in [3.05, 3.63) is 89.0 Å². The third kappa shape index (κ3) is 5.48. The number of hydrogen-bond donors (Lipinski definition) is 3. The van der Waals surface area contributed by atoms with Gasteiger partial charge in [-0.15, -0.1) is 0 Å². The number of nitrogens with one attached hydrogen (secondary N) is 1. The number of para-hydroxylation sites is 1. The number of nitrogens with zero attached hydrogens (tertiary/aromatic N) is 2. The summed E-state index contributed by atoms with van der Waals surface area (Å²) < 4.78 is 66.8. The second-order valence-electron chi connectivity index (χ2n) is 9.60. The molecule has 1 saturated heterocycles. The number of alkyl halides is 2. The lowest BCUT2D eigenvalue weighted by atomic mass is 10.1. The molecule has 2 heterocycles. The standard InChI is InChI=1S/C26H27F2N4O8P/c1-16(22(34)37-14-17-8-4-2-5-9-17)31-41(36,40-18-10-6-3-7-11-18)38-15-19-21(33)25(27)23(26(25,28)39-19)32-13-12-20(29)30-24(32)35/h2-13,16,19,21,23,33H,14-15H2,1H3,(H,31,36)(H2,29,30,35)/t16-,19+,21?,23-,25?,26?,41-/m0/s1. The number of fused-ring (bicyclic) bond motifs is 1. The van der Waals surface area contributed by atoms with E-state index < -0.39 is 61.8 Å². The van der Waals surface area contributed by atoms with E-state index in [1.165, 1.54) is 25.1 Å². The number of aromatic nitrogens is 2. The van der Waals surface area contributed by atoms with E-state index in [4.69, 9.17) is 24.3 Å². The minimum absolute atomic E-state index is 0.0382. The molecule has 12 nitrogen and oxygen atoms in total. The summed E-state index contributed by atoms with van der Waals surface area (Å²) in [7, 11) is -4.43. The number of nitrogen functional groups attached to an aromatic ring is 1. The fourth-order valence-electron chi connectivity index (χ4n) is 4.61. The smallest absolute Gasteiger partial charge is 0.459 e. The number of rotatable bonds is 11. The van der Waals surface area contributed by atoms with E-state index in [1.54, 1.807) is 42.5 Å². The first-order valence-electron chi connectivity index (χ1n) is 12.5. The van der Waals surface area contributed by atoms with Crippen LogP contribution in [0.5, 0.6) is 5.75 Å². The van der Waals surface area contributed by atoms with Gasteiger partial charge < -0.3 is 24.8 Å². The van der Waals surface area contributed by atoms with Crippen molar-refractivity contribution in [1.29, 1.82) is 0 Å². The maximum atomic E-state index is 15.6. The summed E-state index contributed by atoms with van der Waals surface area (Å²) in [5.74, 6) is -3.91. The molecule has 3 aromatic rings. The first-order valence-corrected chi connectivity index (χ1v) is 14.1. The molecule has 2 fully saturated rings. The predicted molar refractivity (Wildman–Crippen MR) is 140 cm³/mol. The average Bonchev–Trinajstić information content (AvgIpc) is 3.35. The van der Waals surface area contributed by atoms with Crippen molar-refractivity contribution in [2.24, 2.45) is 0 Å². The van der Waals surface area contributed by atoms with Crippen LogP contribution in [0.15, 0.2) is 77.7 Å². The Hall–Kier alpha value is -3.68. The van der Waals surface area contributed by atoms with E-state index in [0.29, 0.717) is 4.57 Å². The summed E-state index contributed by atoms with van der Waals surface area (Å²) in [5.41, 5.74) is 2.11. The van der Waals surface area contributed by atoms with E-state index in [0.717, 1.165) is 11.8 Å². The fourth-order valence-corrected chi connectivity index (χ4v) is 6.11. The molecule has 0 spiro atoms. The number of esters is 1. The molecule has 0 radical (unpaired) electrons. The van der Waals surface area contributed by atoms with E-state index >= 15 is 8.78 Å². The number of halogens is 2. The van der Waals surface area contributed by atoms with E-state index in [-0.39, 0.29) is 18.2 Å². The Morgan fingerprint density at radius 3 is 2.46 bits per heavy atom. The van der Waals surface area contributed by atoms with Gasteiger partial charge in [0.25, 0.3) is 5.85 Å². The quantitative estimate of drug-likeness (QED) is 0.221. The Labute approximate surface area is 232 Å². The second kappa shape index (κ2) is 11.0. The number of nitrogens with two attached hydrogens (primary N) is 1. The van der Waals surface area contributed by atoms with Crippen molar-refractivity contribution in [3.63, 3.8) is 0 Å². The molecule has 15 heteroatoms. The third-order valence-electron chi connectivity index (χ3n) is 6.73. The molecule has 7 atom stereocenters. The minimum Gasteiger partial charge on any atom is -0.460 e. The Balaban J connectivity index is 1.27. The van der Waals surface area contributed by atoms with Crippen LogP contribution in [0.3, 0.4) is 0 Å². The Morgan fingerprint density at radius 1 is 1.20 bits per heavy atom. The van der Waals surface area contributed by atoms with Crippen LogP contribution >= 0.6 is 7.75 Å². The molecule has 0 bridgehead atoms. The van der Waals surface area contributed by atoms with Gasteiger partial charge in [-0.3, -0.25) is 13.9 Å². The zero-order valence-corrected chi connectivity index (χ0v) is 22.5. The first-order chi connectivity index (χ1) is 19.5. The van der Waals surface area contributed by atoms with Crippen LogP contribution in [-0.4, -0.2) is 57.0 Å². The highest BCUT2D eigenvalue weighted by Crippen LogP contribution is 2.70. The Bertz CT molecular complexity index is 1520. The molecule has 1 aliphatic carbocycles. The van der Waals surface area contributed by atoms with Crippen LogP contribution in [-0.2, 0) is 30.0 Å². The second-order valence-corrected chi connectivity index (χ2v) is 11.3. The van der Waals surface area contributed by atoms with Crippen LogP contribution in [0.1, 0.15) is 18.5 Å². The molecule has 1 aromatic heterocycles. The lowest BCUT2D eigenvalue weighted by molar-refractivity contribution is -0.146. The van der Waals surface area contributed by atoms with E-state index in [2.05, 4.69) is 10.1 Å². The summed E-state index contributed by atoms with van der Waals surface area (Å²) in [5, 5.41) is 13.1. The van der Waals surface area contributed by atoms with Crippen LogP contribution in [0, 0.1) is 0 Å². The number of benzene rings is 2. The number of carbonyl (C=O) groups is 1. The zero-order valence-electron chi connectivity index (χ0n) is 21.6. The van der Waals surface area contributed by atoms with E-state index in [1.807, 2.05) is 6.07 Å². The minimum atomic E-state index is -4.43. The molecule has 0 amide bonds. The largest absolute Gasteiger partial charge is 0.460 e. The lowest BCUT2D eigenvalue weighted by Gasteiger charge is -2.26. The van der Waals surface area contributed by atoms with Gasteiger partial charge in [-0.1, -0.05) is 48.5 Å². The Kier molecular flexibility index (Phi) is 7.70. The molecular formula is C26H27F2N4O8P. The van der Waals surface area contributed by atoms with Gasteiger partial charge in [-0.05, 0) is 30.7 Å². The summed E-state index contributed by atoms with van der Waals surface area (Å²) in [6, 6.07) is 14.9.